The lowest BCUT2D eigenvalue weighted by Crippen LogP contribution is -2.24. The lowest BCUT2D eigenvalue weighted by Gasteiger charge is -2.12. The molecule has 0 fully saturated rings. The lowest BCUT2D eigenvalue weighted by molar-refractivity contribution is -0.114. The molecule has 0 unspecified atom stereocenters. The van der Waals surface area contributed by atoms with E-state index in [1.54, 1.807) is 18.2 Å². The molecule has 2 N–H and O–H groups in total. The fourth-order valence-electron chi connectivity index (χ4n) is 2.14. The second-order valence-electron chi connectivity index (χ2n) is 6.48. The highest BCUT2D eigenvalue weighted by Gasteiger charge is 2.30. The fourth-order valence-corrected chi connectivity index (χ4v) is 4.21. The van der Waals surface area contributed by atoms with Gasteiger partial charge in [-0.2, -0.15) is 0 Å². The Morgan fingerprint density at radius 3 is 2.68 bits per heavy atom. The standard InChI is InChI=1S/C15H17N5O3S2/c1-15(2,3)13-18-19-14(24-13)17-11(21)8-16-12-9-6-4-5-7-10(9)25(22,23)20-12/h4-7H,8H2,1-3H3,(H,16,20)(H,17,19,21). The normalized spacial score (nSPS) is 17.2. The SMILES string of the molecule is CC(C)(C)c1nnc(NC(=O)CN=C2NS(=O)(=O)c3ccccc32)s1. The van der Waals surface area contributed by atoms with E-state index in [1.165, 1.54) is 17.4 Å². The highest BCUT2D eigenvalue weighted by Crippen LogP contribution is 2.27. The van der Waals surface area contributed by atoms with E-state index in [0.717, 1.165) is 5.01 Å². The summed E-state index contributed by atoms with van der Waals surface area (Å²) in [6.45, 7) is 5.80. The molecular formula is C15H17N5O3S2. The summed E-state index contributed by atoms with van der Waals surface area (Å²) in [7, 11) is -3.61. The molecule has 25 heavy (non-hydrogen) atoms. The second-order valence-corrected chi connectivity index (χ2v) is 9.11. The number of benzene rings is 1. The van der Waals surface area contributed by atoms with E-state index in [4.69, 9.17) is 0 Å². The minimum absolute atomic E-state index is 0.146. The molecule has 1 aliphatic heterocycles. The first-order valence-corrected chi connectivity index (χ1v) is 9.77. The summed E-state index contributed by atoms with van der Waals surface area (Å²) in [4.78, 5) is 16.3. The zero-order valence-electron chi connectivity index (χ0n) is 13.9. The summed E-state index contributed by atoms with van der Waals surface area (Å²) in [6, 6.07) is 6.49. The highest BCUT2D eigenvalue weighted by atomic mass is 32.2. The van der Waals surface area contributed by atoms with Crippen LogP contribution in [0.3, 0.4) is 0 Å². The number of rotatable bonds is 3. The minimum Gasteiger partial charge on any atom is -0.299 e. The molecule has 3 rings (SSSR count). The number of sulfonamides is 1. The number of anilines is 1. The second kappa shape index (κ2) is 6.19. The molecule has 0 saturated heterocycles. The third-order valence-corrected chi connectivity index (χ3v) is 6.02. The van der Waals surface area contributed by atoms with E-state index in [2.05, 4.69) is 25.2 Å². The molecule has 132 valence electrons. The van der Waals surface area contributed by atoms with Crippen LogP contribution in [0, 0.1) is 0 Å². The van der Waals surface area contributed by atoms with Gasteiger partial charge in [-0.05, 0) is 12.1 Å². The first-order valence-electron chi connectivity index (χ1n) is 7.47. The molecule has 10 heteroatoms. The third-order valence-electron chi connectivity index (χ3n) is 3.36. The smallest absolute Gasteiger partial charge is 0.263 e. The summed E-state index contributed by atoms with van der Waals surface area (Å²) in [5.74, 6) is -0.230. The van der Waals surface area contributed by atoms with Gasteiger partial charge in [-0.15, -0.1) is 10.2 Å². The molecule has 1 aromatic heterocycles. The number of hydrogen-bond acceptors (Lipinski definition) is 7. The molecule has 2 aromatic rings. The highest BCUT2D eigenvalue weighted by molar-refractivity contribution is 7.90. The van der Waals surface area contributed by atoms with E-state index in [-0.39, 0.29) is 22.7 Å². The van der Waals surface area contributed by atoms with E-state index < -0.39 is 15.9 Å². The number of amidine groups is 1. The molecule has 1 aliphatic rings. The van der Waals surface area contributed by atoms with Crippen LogP contribution in [0.5, 0.6) is 0 Å². The van der Waals surface area contributed by atoms with Crippen molar-refractivity contribution in [2.75, 3.05) is 11.9 Å². The summed E-state index contributed by atoms with van der Waals surface area (Å²) in [5.41, 5.74) is 0.313. The van der Waals surface area contributed by atoms with Crippen LogP contribution in [0.1, 0.15) is 31.3 Å². The van der Waals surface area contributed by atoms with E-state index in [1.807, 2.05) is 20.8 Å². The first-order chi connectivity index (χ1) is 11.7. The number of carbonyl (C=O) groups is 1. The Hall–Kier alpha value is -2.33. The summed E-state index contributed by atoms with van der Waals surface area (Å²) >= 11 is 1.30. The largest absolute Gasteiger partial charge is 0.299 e. The van der Waals surface area contributed by atoms with Crippen molar-refractivity contribution < 1.29 is 13.2 Å². The van der Waals surface area contributed by atoms with Crippen LogP contribution in [-0.4, -0.2) is 36.9 Å². The number of hydrogen-bond donors (Lipinski definition) is 2. The summed E-state index contributed by atoms with van der Waals surface area (Å²) in [6.07, 6.45) is 0. The Bertz CT molecular complexity index is 958. The molecule has 0 bridgehead atoms. The molecule has 0 spiro atoms. The van der Waals surface area contributed by atoms with Crippen molar-refractivity contribution in [3.63, 3.8) is 0 Å². The Morgan fingerprint density at radius 2 is 2.00 bits per heavy atom. The molecule has 2 heterocycles. The van der Waals surface area contributed by atoms with Crippen molar-refractivity contribution >= 4 is 38.2 Å². The molecule has 0 saturated carbocycles. The molecule has 0 atom stereocenters. The number of carbonyl (C=O) groups excluding carboxylic acids is 1. The molecule has 1 amide bonds. The van der Waals surface area contributed by atoms with E-state index in [0.29, 0.717) is 10.7 Å². The third kappa shape index (κ3) is 3.69. The van der Waals surface area contributed by atoms with Crippen LogP contribution < -0.4 is 10.0 Å². The molecule has 8 nitrogen and oxygen atoms in total. The number of aliphatic imine (C=N–C) groups is 1. The van der Waals surface area contributed by atoms with E-state index in [9.17, 15) is 13.2 Å². The zero-order valence-corrected chi connectivity index (χ0v) is 15.5. The Kier molecular flexibility index (Phi) is 4.33. The van der Waals surface area contributed by atoms with Gasteiger partial charge in [-0.1, -0.05) is 44.2 Å². The van der Waals surface area contributed by atoms with Gasteiger partial charge in [0.15, 0.2) is 0 Å². The molecular weight excluding hydrogens is 362 g/mol. The van der Waals surface area contributed by atoms with Gasteiger partial charge in [0, 0.05) is 11.0 Å². The average Bonchev–Trinajstić information content (AvgIpc) is 3.09. The number of nitrogens with one attached hydrogen (secondary N) is 2. The van der Waals surface area contributed by atoms with Gasteiger partial charge < -0.3 is 0 Å². The van der Waals surface area contributed by atoms with Gasteiger partial charge >= 0.3 is 0 Å². The number of amides is 1. The van der Waals surface area contributed by atoms with Gasteiger partial charge in [0.1, 0.15) is 17.4 Å². The van der Waals surface area contributed by atoms with Crippen molar-refractivity contribution in [1.82, 2.24) is 14.9 Å². The van der Waals surface area contributed by atoms with Crippen LogP contribution in [0.2, 0.25) is 0 Å². The zero-order chi connectivity index (χ0) is 18.2. The predicted molar refractivity (Wildman–Crippen MR) is 95.4 cm³/mol. The quantitative estimate of drug-likeness (QED) is 0.839. The number of aromatic nitrogens is 2. The predicted octanol–water partition coefficient (Wildman–Crippen LogP) is 1.51. The van der Waals surface area contributed by atoms with Crippen molar-refractivity contribution in [3.8, 4) is 0 Å². The first kappa shape index (κ1) is 17.5. The minimum atomic E-state index is -3.61. The number of fused-ring (bicyclic) bond motifs is 1. The summed E-state index contributed by atoms with van der Waals surface area (Å²) in [5, 5.41) is 11.8. The van der Waals surface area contributed by atoms with Crippen molar-refractivity contribution in [2.24, 2.45) is 4.99 Å². The molecule has 0 radical (unpaired) electrons. The van der Waals surface area contributed by atoms with E-state index >= 15 is 0 Å². The van der Waals surface area contributed by atoms with Crippen LogP contribution in [-0.2, 0) is 20.2 Å². The van der Waals surface area contributed by atoms with Crippen LogP contribution in [0.15, 0.2) is 34.2 Å². The maximum absolute atomic E-state index is 12.0. The van der Waals surface area contributed by atoms with Crippen LogP contribution >= 0.6 is 11.3 Å². The Morgan fingerprint density at radius 1 is 1.28 bits per heavy atom. The van der Waals surface area contributed by atoms with Gasteiger partial charge in [0.05, 0.1) is 4.90 Å². The van der Waals surface area contributed by atoms with Gasteiger partial charge in [-0.3, -0.25) is 19.8 Å². The fraction of sp³-hybridized carbons (Fsp3) is 0.333. The maximum Gasteiger partial charge on any atom is 0.263 e. The van der Waals surface area contributed by atoms with Gasteiger partial charge in [-0.25, -0.2) is 8.42 Å². The van der Waals surface area contributed by atoms with Crippen LogP contribution in [0.4, 0.5) is 5.13 Å². The van der Waals surface area contributed by atoms with Crippen molar-refractivity contribution in [2.45, 2.75) is 31.1 Å². The lowest BCUT2D eigenvalue weighted by atomic mass is 9.98. The van der Waals surface area contributed by atoms with Crippen LogP contribution in [0.25, 0.3) is 0 Å². The van der Waals surface area contributed by atoms with Gasteiger partial charge in [0.25, 0.3) is 10.0 Å². The van der Waals surface area contributed by atoms with Crippen molar-refractivity contribution in [3.05, 3.63) is 34.8 Å². The monoisotopic (exact) mass is 379 g/mol. The van der Waals surface area contributed by atoms with Crippen molar-refractivity contribution in [1.29, 1.82) is 0 Å². The topological polar surface area (TPSA) is 113 Å². The Labute approximate surface area is 149 Å². The maximum atomic E-state index is 12.0. The molecule has 0 aliphatic carbocycles. The number of nitrogens with zero attached hydrogens (tertiary/aromatic N) is 3. The Balaban J connectivity index is 1.71. The molecule has 1 aromatic carbocycles. The average molecular weight is 379 g/mol. The summed E-state index contributed by atoms with van der Waals surface area (Å²) < 4.78 is 26.3. The van der Waals surface area contributed by atoms with Gasteiger partial charge in [0.2, 0.25) is 11.0 Å².